The molecule has 4 aromatic rings. The highest BCUT2D eigenvalue weighted by molar-refractivity contribution is 5.92. The number of anilines is 1. The van der Waals surface area contributed by atoms with Gasteiger partial charge < -0.3 is 0 Å². The lowest BCUT2D eigenvalue weighted by molar-refractivity contribution is -0.119. The number of amides is 1. The normalized spacial score (nSPS) is 10.6. The van der Waals surface area contributed by atoms with Gasteiger partial charge in [-0.15, -0.1) is 5.10 Å². The van der Waals surface area contributed by atoms with Crippen molar-refractivity contribution in [1.82, 2.24) is 24.5 Å². The van der Waals surface area contributed by atoms with Crippen molar-refractivity contribution in [2.45, 2.75) is 13.1 Å². The molecule has 144 valence electrons. The van der Waals surface area contributed by atoms with Gasteiger partial charge in [0, 0.05) is 24.7 Å². The highest BCUT2D eigenvalue weighted by Crippen LogP contribution is 2.15. The van der Waals surface area contributed by atoms with E-state index < -0.39 is 0 Å². The molecule has 8 heteroatoms. The number of hydrogen-bond acceptors (Lipinski definition) is 5. The molecule has 1 aromatic carbocycles. The second-order valence-corrected chi connectivity index (χ2v) is 6.29. The van der Waals surface area contributed by atoms with Crippen LogP contribution in [0.1, 0.15) is 5.56 Å². The van der Waals surface area contributed by atoms with E-state index in [0.717, 1.165) is 10.2 Å². The highest BCUT2D eigenvalue weighted by atomic mass is 16.2. The van der Waals surface area contributed by atoms with Crippen LogP contribution < -0.4 is 10.5 Å². The average Bonchev–Trinajstić information content (AvgIpc) is 3.30. The number of aromatic nitrogens is 5. The van der Waals surface area contributed by atoms with Crippen molar-refractivity contribution in [3.63, 3.8) is 0 Å². The van der Waals surface area contributed by atoms with Crippen molar-refractivity contribution in [3.05, 3.63) is 101 Å². The second-order valence-electron chi connectivity index (χ2n) is 6.29. The molecule has 1 amide bonds. The molecule has 0 atom stereocenters. The maximum Gasteiger partial charge on any atom is 0.267 e. The van der Waals surface area contributed by atoms with Gasteiger partial charge in [-0.3, -0.25) is 14.5 Å². The summed E-state index contributed by atoms with van der Waals surface area (Å²) in [6.45, 7) is 0.127. The summed E-state index contributed by atoms with van der Waals surface area (Å²) in [5.41, 5.74) is 0.590. The highest BCUT2D eigenvalue weighted by Gasteiger charge is 2.19. The molecule has 29 heavy (non-hydrogen) atoms. The topological polar surface area (TPSA) is 85.9 Å². The van der Waals surface area contributed by atoms with Crippen LogP contribution in [0, 0.1) is 0 Å². The van der Waals surface area contributed by atoms with Crippen molar-refractivity contribution in [2.75, 3.05) is 4.90 Å². The van der Waals surface area contributed by atoms with Gasteiger partial charge in [0.05, 0.1) is 6.54 Å². The first-order valence-corrected chi connectivity index (χ1v) is 9.04. The van der Waals surface area contributed by atoms with Gasteiger partial charge in [0.25, 0.3) is 5.56 Å². The molecule has 4 rings (SSSR count). The van der Waals surface area contributed by atoms with Crippen molar-refractivity contribution in [1.29, 1.82) is 0 Å². The first kappa shape index (κ1) is 18.3. The van der Waals surface area contributed by atoms with Crippen molar-refractivity contribution in [2.24, 2.45) is 0 Å². The van der Waals surface area contributed by atoms with Gasteiger partial charge in [-0.25, -0.2) is 14.3 Å². The molecule has 8 nitrogen and oxygen atoms in total. The maximum absolute atomic E-state index is 13.1. The van der Waals surface area contributed by atoms with Crippen LogP contribution >= 0.6 is 0 Å². The number of carbonyl (C=O) groups excluding carboxylic acids is 1. The molecule has 3 aromatic heterocycles. The van der Waals surface area contributed by atoms with E-state index in [1.165, 1.54) is 10.7 Å². The smallest absolute Gasteiger partial charge is 0.267 e. The van der Waals surface area contributed by atoms with Crippen LogP contribution in [0.25, 0.3) is 5.82 Å². The Morgan fingerprint density at radius 2 is 1.76 bits per heavy atom. The Morgan fingerprint density at radius 1 is 0.931 bits per heavy atom. The van der Waals surface area contributed by atoms with Crippen LogP contribution in [0.15, 0.2) is 90.1 Å². The summed E-state index contributed by atoms with van der Waals surface area (Å²) < 4.78 is 2.67. The third-order valence-corrected chi connectivity index (χ3v) is 4.29. The fraction of sp³-hybridized carbons (Fsp3) is 0.0952. The number of carbonyl (C=O) groups is 1. The van der Waals surface area contributed by atoms with E-state index in [1.54, 1.807) is 47.8 Å². The summed E-state index contributed by atoms with van der Waals surface area (Å²) in [6.07, 6.45) is 4.96. The van der Waals surface area contributed by atoms with E-state index in [-0.39, 0.29) is 18.0 Å². The Morgan fingerprint density at radius 3 is 2.48 bits per heavy atom. The Bertz CT molecular complexity index is 1140. The van der Waals surface area contributed by atoms with Crippen LogP contribution in [-0.2, 0) is 17.9 Å². The maximum atomic E-state index is 13.1. The summed E-state index contributed by atoms with van der Waals surface area (Å²) in [5.74, 6) is 0.673. The van der Waals surface area contributed by atoms with Crippen LogP contribution in [0.3, 0.4) is 0 Å². The summed E-state index contributed by atoms with van der Waals surface area (Å²) in [6, 6.07) is 19.7. The van der Waals surface area contributed by atoms with Crippen LogP contribution in [0.4, 0.5) is 5.82 Å². The molecule has 0 spiro atoms. The Kier molecular flexibility index (Phi) is 5.24. The minimum absolute atomic E-state index is 0.211. The Hall–Kier alpha value is -4.07. The van der Waals surface area contributed by atoms with E-state index in [4.69, 9.17) is 0 Å². The zero-order valence-electron chi connectivity index (χ0n) is 15.5. The van der Waals surface area contributed by atoms with Gasteiger partial charge in [-0.1, -0.05) is 36.4 Å². The summed E-state index contributed by atoms with van der Waals surface area (Å²) in [5, 5.41) is 8.38. The quantitative estimate of drug-likeness (QED) is 0.506. The fourth-order valence-corrected chi connectivity index (χ4v) is 2.87. The van der Waals surface area contributed by atoms with Gasteiger partial charge in [-0.2, -0.15) is 5.10 Å². The third kappa shape index (κ3) is 4.27. The molecule has 0 saturated carbocycles. The molecule has 0 N–H and O–H groups in total. The predicted octanol–water partition coefficient (Wildman–Crippen LogP) is 2.06. The molecule has 3 heterocycles. The predicted molar refractivity (Wildman–Crippen MR) is 107 cm³/mol. The number of nitrogens with zero attached hydrogens (tertiary/aromatic N) is 6. The van der Waals surface area contributed by atoms with E-state index >= 15 is 0 Å². The molecule has 0 saturated heterocycles. The van der Waals surface area contributed by atoms with Crippen LogP contribution in [0.2, 0.25) is 0 Å². The summed E-state index contributed by atoms with van der Waals surface area (Å²) in [7, 11) is 0. The molecular formula is C21H18N6O2. The molecule has 0 aliphatic rings. The first-order valence-electron chi connectivity index (χ1n) is 9.04. The van der Waals surface area contributed by atoms with Gasteiger partial charge in [-0.05, 0) is 29.8 Å². The minimum atomic E-state index is -0.366. The molecule has 0 fully saturated rings. The average molecular weight is 386 g/mol. The number of rotatable bonds is 6. The fourth-order valence-electron chi connectivity index (χ4n) is 2.87. The van der Waals surface area contributed by atoms with E-state index in [1.807, 2.05) is 36.4 Å². The Balaban J connectivity index is 1.63. The molecule has 0 aliphatic heterocycles. The Labute approximate surface area is 166 Å². The third-order valence-electron chi connectivity index (χ3n) is 4.29. The number of hydrogen-bond donors (Lipinski definition) is 0. The minimum Gasteiger partial charge on any atom is -0.291 e. The van der Waals surface area contributed by atoms with Crippen molar-refractivity contribution in [3.8, 4) is 5.82 Å². The SMILES string of the molecule is O=C(Cn1nc(-n2cccn2)ccc1=O)N(Cc1ccccc1)c1ccccn1. The van der Waals surface area contributed by atoms with Crippen molar-refractivity contribution < 1.29 is 4.79 Å². The molecular weight excluding hydrogens is 368 g/mol. The zero-order valence-corrected chi connectivity index (χ0v) is 15.5. The van der Waals surface area contributed by atoms with Crippen molar-refractivity contribution >= 4 is 11.7 Å². The standard InChI is InChI=1S/C21H18N6O2/c28-20-11-10-19(26-14-6-13-23-26)24-27(20)16-21(29)25(18-9-4-5-12-22-18)15-17-7-2-1-3-8-17/h1-14H,15-16H2. The number of pyridine rings is 1. The summed E-state index contributed by atoms with van der Waals surface area (Å²) in [4.78, 5) is 31.3. The molecule has 0 unspecified atom stereocenters. The monoisotopic (exact) mass is 386 g/mol. The zero-order chi connectivity index (χ0) is 20.1. The second kappa shape index (κ2) is 8.30. The van der Waals surface area contributed by atoms with Crippen LogP contribution in [-0.4, -0.2) is 30.5 Å². The lowest BCUT2D eigenvalue weighted by Gasteiger charge is -2.22. The van der Waals surface area contributed by atoms with Crippen LogP contribution in [0.5, 0.6) is 0 Å². The van der Waals surface area contributed by atoms with E-state index in [0.29, 0.717) is 18.2 Å². The lowest BCUT2D eigenvalue weighted by atomic mass is 10.2. The summed E-state index contributed by atoms with van der Waals surface area (Å²) >= 11 is 0. The van der Waals surface area contributed by atoms with Gasteiger partial charge in [0.1, 0.15) is 12.4 Å². The van der Waals surface area contributed by atoms with Gasteiger partial charge in [0.15, 0.2) is 5.82 Å². The molecule has 0 radical (unpaired) electrons. The van der Waals surface area contributed by atoms with Gasteiger partial charge >= 0.3 is 0 Å². The van der Waals surface area contributed by atoms with E-state index in [9.17, 15) is 9.59 Å². The van der Waals surface area contributed by atoms with E-state index in [2.05, 4.69) is 15.2 Å². The molecule has 0 bridgehead atoms. The molecule has 0 aliphatic carbocycles. The lowest BCUT2D eigenvalue weighted by Crippen LogP contribution is -2.37. The number of benzene rings is 1. The first-order chi connectivity index (χ1) is 14.2. The largest absolute Gasteiger partial charge is 0.291 e. The van der Waals surface area contributed by atoms with Gasteiger partial charge in [0.2, 0.25) is 5.91 Å².